The fourth-order valence-corrected chi connectivity index (χ4v) is 6.43. The van der Waals surface area contributed by atoms with Crippen molar-refractivity contribution in [3.05, 3.63) is 12.2 Å². The summed E-state index contributed by atoms with van der Waals surface area (Å²) in [6, 6.07) is 0. The molecule has 0 aromatic rings. The van der Waals surface area contributed by atoms with Crippen LogP contribution in [0.2, 0.25) is 0 Å². The van der Waals surface area contributed by atoms with E-state index >= 15 is 0 Å². The molecule has 8 atom stereocenters. The Labute approximate surface area is 212 Å². The first-order chi connectivity index (χ1) is 16.1. The lowest BCUT2D eigenvalue weighted by atomic mass is 9.89. The largest absolute Gasteiger partial charge is 0.388 e. The van der Waals surface area contributed by atoms with Crippen LogP contribution in [0.4, 0.5) is 0 Å². The molecule has 4 fully saturated rings. The minimum atomic E-state index is -0.852. The second-order valence-electron chi connectivity index (χ2n) is 13.4. The maximum atomic E-state index is 11.2. The molecule has 0 bridgehead atoms. The molecule has 6 nitrogen and oxygen atoms in total. The predicted molar refractivity (Wildman–Crippen MR) is 136 cm³/mol. The second kappa shape index (κ2) is 9.67. The summed E-state index contributed by atoms with van der Waals surface area (Å²) in [7, 11) is 0. The highest BCUT2D eigenvalue weighted by atomic mass is 16.6. The highest BCUT2D eigenvalue weighted by Crippen LogP contribution is 2.48. The smallest absolute Gasteiger partial charge is 0.0921 e. The van der Waals surface area contributed by atoms with Crippen LogP contribution in [0.3, 0.4) is 0 Å². The van der Waals surface area contributed by atoms with E-state index in [4.69, 9.17) is 18.9 Å². The van der Waals surface area contributed by atoms with E-state index in [-0.39, 0.29) is 41.2 Å². The lowest BCUT2D eigenvalue weighted by Crippen LogP contribution is -2.47. The van der Waals surface area contributed by atoms with Gasteiger partial charge in [0.2, 0.25) is 0 Å². The van der Waals surface area contributed by atoms with Crippen molar-refractivity contribution in [3.8, 4) is 0 Å². The van der Waals surface area contributed by atoms with Gasteiger partial charge in [0, 0.05) is 0 Å². The van der Waals surface area contributed by atoms with Crippen molar-refractivity contribution in [3.63, 3.8) is 0 Å². The van der Waals surface area contributed by atoms with E-state index in [1.807, 2.05) is 20.8 Å². The minimum Gasteiger partial charge on any atom is -0.388 e. The molecule has 0 aliphatic carbocycles. The molecule has 202 valence electrons. The number of hydrogen-bond donors (Lipinski definition) is 2. The van der Waals surface area contributed by atoms with E-state index in [1.165, 1.54) is 0 Å². The molecule has 0 amide bonds. The first-order valence-electron chi connectivity index (χ1n) is 13.9. The molecule has 4 rings (SSSR count). The van der Waals surface area contributed by atoms with Crippen molar-refractivity contribution < 1.29 is 29.2 Å². The average molecular weight is 495 g/mol. The van der Waals surface area contributed by atoms with E-state index in [1.54, 1.807) is 0 Å². The number of allylic oxidation sites excluding steroid dienone is 2. The summed E-state index contributed by atoms with van der Waals surface area (Å²) in [4.78, 5) is 0. The molecule has 6 heteroatoms. The van der Waals surface area contributed by atoms with Gasteiger partial charge in [-0.1, -0.05) is 12.2 Å². The summed E-state index contributed by atoms with van der Waals surface area (Å²) in [6.45, 7) is 14.1. The molecule has 35 heavy (non-hydrogen) atoms. The molecule has 0 aromatic carbocycles. The van der Waals surface area contributed by atoms with E-state index in [2.05, 4.69) is 39.8 Å². The van der Waals surface area contributed by atoms with Crippen LogP contribution in [0.5, 0.6) is 0 Å². The molecule has 0 aromatic heterocycles. The Morgan fingerprint density at radius 3 is 2.03 bits per heavy atom. The molecule has 0 unspecified atom stereocenters. The standard InChI is InChI=1S/C29H50O6/c1-25(2,30)20-15-18-29(7,34-20)24-16-19-28(6,35-24)23-14-13-22(32-23)27(5,31)17-11-9-8-10-12-21-26(3,4)33-21/h8-9,20-24,30-31H,10-19H2,1-7H3/b9-8-/t20-,21+,22-,23-,24-,27+,28+,29+/m1/s1. The van der Waals surface area contributed by atoms with Gasteiger partial charge in [0.15, 0.2) is 0 Å². The van der Waals surface area contributed by atoms with Gasteiger partial charge in [-0.25, -0.2) is 0 Å². The molecular weight excluding hydrogens is 444 g/mol. The third-order valence-electron chi connectivity index (χ3n) is 9.24. The number of epoxide rings is 1. The molecule has 0 radical (unpaired) electrons. The van der Waals surface area contributed by atoms with Crippen molar-refractivity contribution in [1.82, 2.24) is 0 Å². The second-order valence-corrected chi connectivity index (χ2v) is 13.4. The van der Waals surface area contributed by atoms with E-state index in [9.17, 15) is 10.2 Å². The summed E-state index contributed by atoms with van der Waals surface area (Å²) >= 11 is 0. The van der Waals surface area contributed by atoms with Crippen LogP contribution in [-0.4, -0.2) is 68.7 Å². The Morgan fingerprint density at radius 1 is 0.771 bits per heavy atom. The number of aliphatic hydroxyl groups is 2. The minimum absolute atomic E-state index is 0.000221. The summed E-state index contributed by atoms with van der Waals surface area (Å²) in [6.07, 6.45) is 13.4. The van der Waals surface area contributed by atoms with Crippen molar-refractivity contribution in [1.29, 1.82) is 0 Å². The topological polar surface area (TPSA) is 80.7 Å². The van der Waals surface area contributed by atoms with Crippen LogP contribution >= 0.6 is 0 Å². The van der Waals surface area contributed by atoms with Crippen LogP contribution in [0.15, 0.2) is 12.2 Å². The molecular formula is C29H50O6. The van der Waals surface area contributed by atoms with Crippen LogP contribution in [0.25, 0.3) is 0 Å². The highest BCUT2D eigenvalue weighted by molar-refractivity contribution is 5.05. The molecule has 2 N–H and O–H groups in total. The Morgan fingerprint density at radius 2 is 1.40 bits per heavy atom. The molecule has 4 aliphatic heterocycles. The van der Waals surface area contributed by atoms with Gasteiger partial charge in [0.25, 0.3) is 0 Å². The maximum absolute atomic E-state index is 11.2. The Kier molecular flexibility index (Phi) is 7.60. The fourth-order valence-electron chi connectivity index (χ4n) is 6.43. The van der Waals surface area contributed by atoms with Crippen molar-refractivity contribution in [2.24, 2.45) is 0 Å². The van der Waals surface area contributed by atoms with Gasteiger partial charge in [-0.3, -0.25) is 0 Å². The molecule has 0 saturated carbocycles. The number of hydrogen-bond acceptors (Lipinski definition) is 6. The van der Waals surface area contributed by atoms with Crippen molar-refractivity contribution in [2.45, 2.75) is 171 Å². The van der Waals surface area contributed by atoms with E-state index in [0.717, 1.165) is 57.8 Å². The lowest BCUT2D eigenvalue weighted by Gasteiger charge is -2.38. The van der Waals surface area contributed by atoms with E-state index < -0.39 is 11.2 Å². The quantitative estimate of drug-likeness (QED) is 0.320. The third-order valence-corrected chi connectivity index (χ3v) is 9.24. The SMILES string of the molecule is CC(C)(O)[C@H]1CC[C@@](C)([C@H]2CC[C@@](C)([C@H]3CC[C@H]([C@@](C)(O)CC/C=C\CC[C@@H]4OC4(C)C)O3)O2)O1. The zero-order valence-electron chi connectivity index (χ0n) is 23.1. The Balaban J connectivity index is 1.23. The zero-order valence-corrected chi connectivity index (χ0v) is 23.1. The lowest BCUT2D eigenvalue weighted by molar-refractivity contribution is -0.201. The zero-order chi connectivity index (χ0) is 25.7. The summed E-state index contributed by atoms with van der Waals surface area (Å²) in [5, 5.41) is 21.6. The van der Waals surface area contributed by atoms with Gasteiger partial charge in [0.05, 0.1) is 58.5 Å². The predicted octanol–water partition coefficient (Wildman–Crippen LogP) is 5.23. The molecule has 0 spiro atoms. The maximum Gasteiger partial charge on any atom is 0.0921 e. The summed E-state index contributed by atoms with van der Waals surface area (Å²) in [5.41, 5.74) is -2.37. The molecule has 4 aliphatic rings. The molecule has 4 saturated heterocycles. The number of rotatable bonds is 10. The molecule has 4 heterocycles. The van der Waals surface area contributed by atoms with Gasteiger partial charge >= 0.3 is 0 Å². The first kappa shape index (κ1) is 27.5. The first-order valence-corrected chi connectivity index (χ1v) is 13.9. The van der Waals surface area contributed by atoms with Gasteiger partial charge in [0.1, 0.15) is 0 Å². The van der Waals surface area contributed by atoms with Gasteiger partial charge in [-0.2, -0.15) is 0 Å². The van der Waals surface area contributed by atoms with Crippen LogP contribution < -0.4 is 0 Å². The summed E-state index contributed by atoms with van der Waals surface area (Å²) in [5.74, 6) is 0. The van der Waals surface area contributed by atoms with Crippen molar-refractivity contribution >= 4 is 0 Å². The average Bonchev–Trinajstić information content (AvgIpc) is 3.25. The van der Waals surface area contributed by atoms with Crippen LogP contribution in [0, 0.1) is 0 Å². The summed E-state index contributed by atoms with van der Waals surface area (Å²) < 4.78 is 25.1. The highest BCUT2D eigenvalue weighted by Gasteiger charge is 2.55. The van der Waals surface area contributed by atoms with Gasteiger partial charge in [-0.05, 0) is 113 Å². The van der Waals surface area contributed by atoms with Gasteiger partial charge < -0.3 is 29.2 Å². The van der Waals surface area contributed by atoms with Crippen molar-refractivity contribution in [2.75, 3.05) is 0 Å². The van der Waals surface area contributed by atoms with E-state index in [0.29, 0.717) is 12.5 Å². The monoisotopic (exact) mass is 494 g/mol. The normalized spacial score (nSPS) is 43.2. The Hall–Kier alpha value is -0.500. The fraction of sp³-hybridized carbons (Fsp3) is 0.931. The van der Waals surface area contributed by atoms with Crippen LogP contribution in [0.1, 0.15) is 113 Å². The number of ether oxygens (including phenoxy) is 4. The van der Waals surface area contributed by atoms with Crippen LogP contribution in [-0.2, 0) is 18.9 Å². The third kappa shape index (κ3) is 6.15. The van der Waals surface area contributed by atoms with Gasteiger partial charge in [-0.15, -0.1) is 0 Å². The Bertz CT molecular complexity index is 770.